The molecule has 12 heavy (non-hydrogen) atoms. The van der Waals surface area contributed by atoms with Crippen molar-refractivity contribution in [1.29, 1.82) is 0 Å². The van der Waals surface area contributed by atoms with Gasteiger partial charge in [-0.2, -0.15) is 0 Å². The minimum absolute atomic E-state index is 1.03. The number of hydrogen-bond acceptors (Lipinski definition) is 2. The molecule has 0 aromatic heterocycles. The van der Waals surface area contributed by atoms with Crippen LogP contribution in [0.5, 0.6) is 0 Å². The molecule has 0 radical (unpaired) electrons. The van der Waals surface area contributed by atoms with Gasteiger partial charge in [-0.3, -0.25) is 0 Å². The van der Waals surface area contributed by atoms with Gasteiger partial charge in [-0.1, -0.05) is 0 Å². The topological polar surface area (TPSA) is 6.48 Å². The normalized spacial score (nSPS) is 16.2. The van der Waals surface area contributed by atoms with E-state index in [2.05, 4.69) is 36.3 Å². The van der Waals surface area contributed by atoms with Crippen molar-refractivity contribution in [3.05, 3.63) is 12.4 Å². The van der Waals surface area contributed by atoms with Crippen molar-refractivity contribution in [3.63, 3.8) is 0 Å². The van der Waals surface area contributed by atoms with Gasteiger partial charge in [-0.05, 0) is 0 Å². The predicted octanol–water partition coefficient (Wildman–Crippen LogP) is 3.05. The quantitative estimate of drug-likeness (QED) is 0.632. The summed E-state index contributed by atoms with van der Waals surface area (Å²) in [5, 5.41) is 0. The van der Waals surface area contributed by atoms with Crippen LogP contribution in [0.1, 0.15) is 0 Å². The van der Waals surface area contributed by atoms with Gasteiger partial charge in [-0.25, -0.2) is 0 Å². The summed E-state index contributed by atoms with van der Waals surface area (Å²) in [5.74, 6) is 0. The molecular formula is C5H10Cl4N2Ti. The molecule has 1 heterocycles. The predicted molar refractivity (Wildman–Crippen MR) is 52.9 cm³/mol. The van der Waals surface area contributed by atoms with Gasteiger partial charge in [0, 0.05) is 26.5 Å². The fourth-order valence-corrected chi connectivity index (χ4v) is 0.674. The van der Waals surface area contributed by atoms with Crippen LogP contribution < -0.4 is 0 Å². The third kappa shape index (κ3) is 11.2. The average molecular weight is 288 g/mol. The number of nitrogens with zero attached hydrogens (tertiary/aromatic N) is 2. The van der Waals surface area contributed by atoms with Crippen LogP contribution in [0.25, 0.3) is 0 Å². The van der Waals surface area contributed by atoms with E-state index in [1.807, 2.05) is 0 Å². The van der Waals surface area contributed by atoms with Gasteiger partial charge in [-0.15, -0.1) is 0 Å². The third-order valence-electron chi connectivity index (χ3n) is 1.02. The SMILES string of the molecule is CN1C=CN(C)C1.[Cl][Ti]([Cl])([Cl])[Cl]. The minimum atomic E-state index is -3.11. The summed E-state index contributed by atoms with van der Waals surface area (Å²) in [7, 11) is 24.2. The van der Waals surface area contributed by atoms with Crippen molar-refractivity contribution in [1.82, 2.24) is 9.80 Å². The van der Waals surface area contributed by atoms with E-state index in [1.165, 1.54) is 0 Å². The van der Waals surface area contributed by atoms with E-state index >= 15 is 0 Å². The standard InChI is InChI=1S/C5H10N2.4ClH.Ti/c1-6-3-4-7(2)5-6;;;;;/h3-4H,5H2,1-2H3;4*1H;/q;;;;;+4/p-4. The van der Waals surface area contributed by atoms with E-state index in [9.17, 15) is 0 Å². The fraction of sp³-hybridized carbons (Fsp3) is 0.600. The van der Waals surface area contributed by atoms with Crippen LogP contribution in [-0.2, 0) is 12.3 Å². The average Bonchev–Trinajstić information content (AvgIpc) is 2.09. The van der Waals surface area contributed by atoms with E-state index < -0.39 is 12.3 Å². The first kappa shape index (κ1) is 13.2. The molecule has 7 heteroatoms. The van der Waals surface area contributed by atoms with Gasteiger partial charge in [0.15, 0.2) is 0 Å². The second-order valence-electron chi connectivity index (χ2n) is 2.38. The molecule has 0 unspecified atom stereocenters. The van der Waals surface area contributed by atoms with Gasteiger partial charge in [0.25, 0.3) is 0 Å². The van der Waals surface area contributed by atoms with E-state index in [-0.39, 0.29) is 0 Å². The number of halogens is 4. The molecule has 0 aliphatic carbocycles. The molecule has 0 aromatic rings. The van der Waals surface area contributed by atoms with Crippen molar-refractivity contribution < 1.29 is 12.3 Å². The van der Waals surface area contributed by atoms with Crippen molar-refractivity contribution in [2.24, 2.45) is 0 Å². The first-order chi connectivity index (χ1) is 5.29. The number of hydrogen-bond donors (Lipinski definition) is 0. The van der Waals surface area contributed by atoms with E-state index in [0.717, 1.165) is 6.67 Å². The summed E-state index contributed by atoms with van der Waals surface area (Å²) in [5.41, 5.74) is 0. The maximum atomic E-state index is 5.01. The fourth-order valence-electron chi connectivity index (χ4n) is 0.674. The van der Waals surface area contributed by atoms with Crippen LogP contribution in [0.4, 0.5) is 0 Å². The second kappa shape index (κ2) is 5.84. The molecule has 1 aliphatic heterocycles. The van der Waals surface area contributed by atoms with Crippen LogP contribution in [0.3, 0.4) is 0 Å². The Hall–Kier alpha value is 1.21. The molecule has 0 N–H and O–H groups in total. The summed E-state index contributed by atoms with van der Waals surface area (Å²) < 4.78 is 0. The van der Waals surface area contributed by atoms with Gasteiger partial charge < -0.3 is 9.80 Å². The zero-order valence-electron chi connectivity index (χ0n) is 6.77. The Morgan fingerprint density at radius 1 is 1.00 bits per heavy atom. The maximum absolute atomic E-state index is 5.01. The Bertz CT molecular complexity index is 142. The van der Waals surface area contributed by atoms with E-state index in [1.54, 1.807) is 0 Å². The Balaban J connectivity index is 0.000000217. The number of rotatable bonds is 0. The van der Waals surface area contributed by atoms with Crippen LogP contribution in [0.2, 0.25) is 0 Å². The van der Waals surface area contributed by atoms with Gasteiger partial charge in [0.2, 0.25) is 0 Å². The Morgan fingerprint density at radius 2 is 1.25 bits per heavy atom. The van der Waals surface area contributed by atoms with Crippen molar-refractivity contribution >= 4 is 37.2 Å². The monoisotopic (exact) mass is 286 g/mol. The first-order valence-corrected chi connectivity index (χ1v) is 11.7. The van der Waals surface area contributed by atoms with E-state index in [0.29, 0.717) is 0 Å². The van der Waals surface area contributed by atoms with Crippen molar-refractivity contribution in [2.45, 2.75) is 0 Å². The summed E-state index contributed by atoms with van der Waals surface area (Å²) in [6.07, 6.45) is 4.11. The van der Waals surface area contributed by atoms with Gasteiger partial charge in [0.05, 0.1) is 6.67 Å². The Morgan fingerprint density at radius 3 is 1.33 bits per heavy atom. The molecule has 0 fully saturated rings. The molecule has 0 bridgehead atoms. The van der Waals surface area contributed by atoms with Crippen LogP contribution >= 0.6 is 37.2 Å². The molecule has 72 valence electrons. The van der Waals surface area contributed by atoms with Crippen LogP contribution in [0, 0.1) is 0 Å². The zero-order valence-corrected chi connectivity index (χ0v) is 11.4. The molecule has 0 atom stereocenters. The van der Waals surface area contributed by atoms with Gasteiger partial charge in [0.1, 0.15) is 0 Å². The molecule has 1 aliphatic rings. The first-order valence-electron chi connectivity index (χ1n) is 3.13. The molecular weight excluding hydrogens is 278 g/mol. The van der Waals surface area contributed by atoms with Crippen LogP contribution in [-0.4, -0.2) is 30.6 Å². The summed E-state index contributed by atoms with van der Waals surface area (Å²) in [4.78, 5) is 4.25. The van der Waals surface area contributed by atoms with Crippen molar-refractivity contribution in [3.8, 4) is 0 Å². The summed E-state index contributed by atoms with van der Waals surface area (Å²) in [6.45, 7) is 1.03. The van der Waals surface area contributed by atoms with Gasteiger partial charge >= 0.3 is 49.6 Å². The van der Waals surface area contributed by atoms with Crippen LogP contribution in [0.15, 0.2) is 12.4 Å². The third-order valence-corrected chi connectivity index (χ3v) is 1.02. The van der Waals surface area contributed by atoms with E-state index in [4.69, 9.17) is 37.2 Å². The molecule has 0 aromatic carbocycles. The second-order valence-corrected chi connectivity index (χ2v) is 17.9. The Kier molecular flexibility index (Phi) is 6.43. The molecule has 2 nitrogen and oxygen atoms in total. The zero-order chi connectivity index (χ0) is 9.78. The molecule has 0 amide bonds. The van der Waals surface area contributed by atoms with Crippen molar-refractivity contribution in [2.75, 3.05) is 20.8 Å². The summed E-state index contributed by atoms with van der Waals surface area (Å²) in [6, 6.07) is 0. The molecule has 0 saturated carbocycles. The molecule has 0 saturated heterocycles. The summed E-state index contributed by atoms with van der Waals surface area (Å²) >= 11 is -3.11. The molecule has 1 rings (SSSR count). The Labute approximate surface area is 91.9 Å². The molecule has 0 spiro atoms.